The molecule has 0 saturated carbocycles. The molecule has 0 fully saturated rings. The summed E-state index contributed by atoms with van der Waals surface area (Å²) in [5.41, 5.74) is -0.464. The Morgan fingerprint density at radius 2 is 1.58 bits per heavy atom. The van der Waals surface area contributed by atoms with Crippen LogP contribution in [0.2, 0.25) is 10.0 Å². The lowest BCUT2D eigenvalue weighted by Gasteiger charge is -2.17. The predicted octanol–water partition coefficient (Wildman–Crippen LogP) is 5.43. The standard InChI is InChI=1S/C10H12Cl2N2O.2C2H6/c1-10(2,3)9(15)14-8-4-6(11)7(12)5-13-8;2*1-2/h4-5H,1-3H3,(H,13,14,15);2*1-2H3. The van der Waals surface area contributed by atoms with Crippen LogP contribution in [0.15, 0.2) is 12.3 Å². The topological polar surface area (TPSA) is 42.0 Å². The number of aromatic nitrogens is 1. The zero-order valence-corrected chi connectivity index (χ0v) is 14.3. The maximum Gasteiger partial charge on any atom is 0.230 e. The first kappa shape index (κ1) is 20.5. The van der Waals surface area contributed by atoms with Crippen molar-refractivity contribution in [2.45, 2.75) is 48.5 Å². The van der Waals surface area contributed by atoms with Crippen molar-refractivity contribution in [2.75, 3.05) is 5.32 Å². The number of nitrogens with one attached hydrogen (secondary N) is 1. The highest BCUT2D eigenvalue weighted by Gasteiger charge is 2.21. The minimum atomic E-state index is -0.464. The van der Waals surface area contributed by atoms with Gasteiger partial charge in [-0.05, 0) is 0 Å². The van der Waals surface area contributed by atoms with E-state index in [1.165, 1.54) is 12.3 Å². The molecule has 0 aliphatic heterocycles. The number of pyridine rings is 1. The Balaban J connectivity index is 0. The number of hydrogen-bond donors (Lipinski definition) is 1. The highest BCUT2D eigenvalue weighted by molar-refractivity contribution is 6.42. The first-order chi connectivity index (χ1) is 8.80. The van der Waals surface area contributed by atoms with Crippen molar-refractivity contribution >= 4 is 34.9 Å². The molecule has 5 heteroatoms. The number of halogens is 2. The van der Waals surface area contributed by atoms with Crippen molar-refractivity contribution in [3.05, 3.63) is 22.3 Å². The van der Waals surface area contributed by atoms with Crippen LogP contribution >= 0.6 is 23.2 Å². The molecule has 1 aromatic rings. The van der Waals surface area contributed by atoms with Crippen LogP contribution in [-0.4, -0.2) is 10.9 Å². The number of anilines is 1. The lowest BCUT2D eigenvalue weighted by molar-refractivity contribution is -0.123. The van der Waals surface area contributed by atoms with Crippen molar-refractivity contribution in [2.24, 2.45) is 5.41 Å². The van der Waals surface area contributed by atoms with Crippen molar-refractivity contribution in [3.63, 3.8) is 0 Å². The first-order valence-electron chi connectivity index (χ1n) is 6.43. The molecule has 0 unspecified atom stereocenters. The normalized spacial score (nSPS) is 9.53. The molecule has 1 N–H and O–H groups in total. The summed E-state index contributed by atoms with van der Waals surface area (Å²) in [5, 5.41) is 3.39. The molecule has 0 aromatic carbocycles. The van der Waals surface area contributed by atoms with E-state index in [9.17, 15) is 4.79 Å². The highest BCUT2D eigenvalue weighted by Crippen LogP contribution is 2.24. The van der Waals surface area contributed by atoms with Crippen LogP contribution in [0.3, 0.4) is 0 Å². The van der Waals surface area contributed by atoms with E-state index in [-0.39, 0.29) is 5.91 Å². The van der Waals surface area contributed by atoms with Gasteiger partial charge in [-0.2, -0.15) is 0 Å². The Labute approximate surface area is 126 Å². The third-order valence-corrected chi connectivity index (χ3v) is 2.44. The fourth-order valence-corrected chi connectivity index (χ4v) is 1.04. The van der Waals surface area contributed by atoms with Gasteiger partial charge < -0.3 is 5.32 Å². The van der Waals surface area contributed by atoms with Crippen LogP contribution in [0.25, 0.3) is 0 Å². The lowest BCUT2D eigenvalue weighted by Crippen LogP contribution is -2.27. The zero-order valence-electron chi connectivity index (χ0n) is 12.8. The third-order valence-electron chi connectivity index (χ3n) is 1.73. The van der Waals surface area contributed by atoms with Gasteiger partial charge in [-0.3, -0.25) is 4.79 Å². The maximum atomic E-state index is 11.6. The molecular weight excluding hydrogens is 283 g/mol. The molecular formula is C14H24Cl2N2O. The van der Waals surface area contributed by atoms with E-state index in [1.807, 2.05) is 48.5 Å². The van der Waals surface area contributed by atoms with Crippen LogP contribution in [0.1, 0.15) is 48.5 Å². The van der Waals surface area contributed by atoms with Crippen molar-refractivity contribution in [3.8, 4) is 0 Å². The van der Waals surface area contributed by atoms with Crippen LogP contribution in [0.5, 0.6) is 0 Å². The lowest BCUT2D eigenvalue weighted by atomic mass is 9.96. The summed E-state index contributed by atoms with van der Waals surface area (Å²) in [6.07, 6.45) is 1.40. The predicted molar refractivity (Wildman–Crippen MR) is 85.0 cm³/mol. The van der Waals surface area contributed by atoms with Gasteiger partial charge in [-0.25, -0.2) is 4.98 Å². The van der Waals surface area contributed by atoms with Crippen LogP contribution in [0, 0.1) is 5.41 Å². The van der Waals surface area contributed by atoms with E-state index < -0.39 is 5.41 Å². The molecule has 0 bridgehead atoms. The Morgan fingerprint density at radius 1 is 1.11 bits per heavy atom. The summed E-state index contributed by atoms with van der Waals surface area (Å²) in [6, 6.07) is 1.52. The summed E-state index contributed by atoms with van der Waals surface area (Å²) >= 11 is 11.5. The zero-order chi connectivity index (χ0) is 15.6. The van der Waals surface area contributed by atoms with Gasteiger partial charge in [0.25, 0.3) is 0 Å². The van der Waals surface area contributed by atoms with Gasteiger partial charge in [0.15, 0.2) is 0 Å². The minimum Gasteiger partial charge on any atom is -0.310 e. The van der Waals surface area contributed by atoms with Crippen molar-refractivity contribution in [1.82, 2.24) is 4.98 Å². The second-order valence-corrected chi connectivity index (χ2v) is 5.00. The van der Waals surface area contributed by atoms with Gasteiger partial charge in [0, 0.05) is 17.7 Å². The van der Waals surface area contributed by atoms with Crippen molar-refractivity contribution in [1.29, 1.82) is 0 Å². The second-order valence-electron chi connectivity index (χ2n) is 4.19. The van der Waals surface area contributed by atoms with Crippen LogP contribution in [0.4, 0.5) is 5.82 Å². The molecule has 19 heavy (non-hydrogen) atoms. The summed E-state index contributed by atoms with van der Waals surface area (Å²) in [5.74, 6) is 0.290. The van der Waals surface area contributed by atoms with E-state index in [4.69, 9.17) is 23.2 Å². The first-order valence-corrected chi connectivity index (χ1v) is 7.19. The molecule has 0 aliphatic carbocycles. The third kappa shape index (κ3) is 8.06. The van der Waals surface area contributed by atoms with Gasteiger partial charge in [0.2, 0.25) is 5.91 Å². The molecule has 1 heterocycles. The molecule has 0 atom stereocenters. The highest BCUT2D eigenvalue weighted by atomic mass is 35.5. The smallest absolute Gasteiger partial charge is 0.230 e. The molecule has 3 nitrogen and oxygen atoms in total. The number of rotatable bonds is 1. The molecule has 1 aromatic heterocycles. The van der Waals surface area contributed by atoms with Gasteiger partial charge in [0.05, 0.1) is 10.0 Å². The molecule has 1 rings (SSSR count). The summed E-state index contributed by atoms with van der Waals surface area (Å²) in [6.45, 7) is 13.5. The van der Waals surface area contributed by atoms with E-state index in [0.717, 1.165) is 0 Å². The number of nitrogens with zero attached hydrogens (tertiary/aromatic N) is 1. The van der Waals surface area contributed by atoms with Gasteiger partial charge in [0.1, 0.15) is 5.82 Å². The Bertz CT molecular complexity index is 388. The summed E-state index contributed by atoms with van der Waals surface area (Å²) in [7, 11) is 0. The number of carbonyl (C=O) groups excluding carboxylic acids is 1. The van der Waals surface area contributed by atoms with E-state index >= 15 is 0 Å². The maximum absolute atomic E-state index is 11.6. The van der Waals surface area contributed by atoms with E-state index in [0.29, 0.717) is 15.9 Å². The van der Waals surface area contributed by atoms with Crippen LogP contribution in [-0.2, 0) is 4.79 Å². The van der Waals surface area contributed by atoms with Crippen LogP contribution < -0.4 is 5.32 Å². The summed E-state index contributed by atoms with van der Waals surface area (Å²) < 4.78 is 0. The average molecular weight is 307 g/mol. The molecule has 0 spiro atoms. The quantitative estimate of drug-likeness (QED) is 0.752. The fourth-order valence-electron chi connectivity index (χ4n) is 0.786. The molecule has 110 valence electrons. The Hall–Kier alpha value is -0.800. The monoisotopic (exact) mass is 306 g/mol. The SMILES string of the molecule is CC.CC.CC(C)(C)C(=O)Nc1cc(Cl)c(Cl)cn1. The van der Waals surface area contributed by atoms with Gasteiger partial charge >= 0.3 is 0 Å². The Morgan fingerprint density at radius 3 is 1.95 bits per heavy atom. The van der Waals surface area contributed by atoms with Gasteiger partial charge in [-0.15, -0.1) is 0 Å². The summed E-state index contributed by atoms with van der Waals surface area (Å²) in [4.78, 5) is 15.5. The molecule has 1 amide bonds. The average Bonchev–Trinajstić information content (AvgIpc) is 2.37. The fraction of sp³-hybridized carbons (Fsp3) is 0.571. The van der Waals surface area contributed by atoms with E-state index in [2.05, 4.69) is 10.3 Å². The number of hydrogen-bond acceptors (Lipinski definition) is 2. The molecule has 0 radical (unpaired) electrons. The minimum absolute atomic E-state index is 0.117. The molecule has 0 saturated heterocycles. The van der Waals surface area contributed by atoms with Crippen molar-refractivity contribution < 1.29 is 4.79 Å². The number of carbonyl (C=O) groups is 1. The van der Waals surface area contributed by atoms with Gasteiger partial charge in [-0.1, -0.05) is 71.7 Å². The largest absolute Gasteiger partial charge is 0.310 e. The molecule has 0 aliphatic rings. The second kappa shape index (κ2) is 10.0. The Kier molecular flexibility index (Phi) is 10.8. The number of amides is 1. The van der Waals surface area contributed by atoms with E-state index in [1.54, 1.807) is 0 Å².